The van der Waals surface area contributed by atoms with Crippen LogP contribution < -0.4 is 5.32 Å². The van der Waals surface area contributed by atoms with E-state index in [4.69, 9.17) is 0 Å². The van der Waals surface area contributed by atoms with E-state index in [0.717, 1.165) is 37.4 Å². The van der Waals surface area contributed by atoms with Gasteiger partial charge in [0, 0.05) is 5.56 Å². The summed E-state index contributed by atoms with van der Waals surface area (Å²) in [4.78, 5) is 11.5. The first-order chi connectivity index (χ1) is 15.9. The molecule has 1 aliphatic rings. The topological polar surface area (TPSA) is 29.1 Å². The first-order valence-electron chi connectivity index (χ1n) is 13.0. The molecule has 0 fully saturated rings. The van der Waals surface area contributed by atoms with E-state index in [1.54, 1.807) is 6.92 Å². The van der Waals surface area contributed by atoms with Crippen molar-refractivity contribution >= 4 is 11.4 Å². The summed E-state index contributed by atoms with van der Waals surface area (Å²) in [5, 5.41) is 3.55. The third kappa shape index (κ3) is 9.22. The predicted molar refractivity (Wildman–Crippen MR) is 151 cm³/mol. The van der Waals surface area contributed by atoms with Gasteiger partial charge in [0.1, 0.15) is 0 Å². The Hall–Kier alpha value is -2.19. The highest BCUT2D eigenvalue weighted by molar-refractivity contribution is 5.94. The first-order valence-corrected chi connectivity index (χ1v) is 13.0. The lowest BCUT2D eigenvalue weighted by Crippen LogP contribution is -2.20. The smallest absolute Gasteiger partial charge is 0.159 e. The molecule has 0 aliphatic heterocycles. The van der Waals surface area contributed by atoms with Crippen LogP contribution in [0.1, 0.15) is 114 Å². The summed E-state index contributed by atoms with van der Waals surface area (Å²) >= 11 is 0. The molecule has 0 amide bonds. The van der Waals surface area contributed by atoms with Crippen molar-refractivity contribution in [3.63, 3.8) is 0 Å². The molecule has 0 saturated carbocycles. The molecule has 0 bridgehead atoms. The fourth-order valence-corrected chi connectivity index (χ4v) is 4.68. The second-order valence-corrected chi connectivity index (χ2v) is 9.90. The van der Waals surface area contributed by atoms with Gasteiger partial charge >= 0.3 is 0 Å². The van der Waals surface area contributed by atoms with Crippen molar-refractivity contribution in [1.82, 2.24) is 5.32 Å². The second-order valence-electron chi connectivity index (χ2n) is 9.90. The minimum atomic E-state index is 0. The minimum absolute atomic E-state index is 0. The van der Waals surface area contributed by atoms with Gasteiger partial charge < -0.3 is 5.32 Å². The summed E-state index contributed by atoms with van der Waals surface area (Å²) in [7, 11) is 0. The lowest BCUT2D eigenvalue weighted by atomic mass is 9.76. The number of ketones is 1. The number of carbonyl (C=O) groups excluding carboxylic acids is 1. The van der Waals surface area contributed by atoms with Crippen LogP contribution in [0.15, 0.2) is 54.1 Å². The molecular weight excluding hydrogens is 414 g/mol. The lowest BCUT2D eigenvalue weighted by molar-refractivity contribution is 0.101. The van der Waals surface area contributed by atoms with Gasteiger partial charge in [-0.25, -0.2) is 0 Å². The number of allylic oxidation sites excluding steroid dienone is 2. The summed E-state index contributed by atoms with van der Waals surface area (Å²) < 4.78 is 0. The van der Waals surface area contributed by atoms with E-state index in [9.17, 15) is 4.79 Å². The van der Waals surface area contributed by atoms with Crippen molar-refractivity contribution in [2.24, 2.45) is 5.92 Å². The molecule has 2 aromatic carbocycles. The van der Waals surface area contributed by atoms with Gasteiger partial charge in [-0.1, -0.05) is 102 Å². The van der Waals surface area contributed by atoms with E-state index in [2.05, 4.69) is 76.3 Å². The van der Waals surface area contributed by atoms with Crippen LogP contribution in [0.2, 0.25) is 0 Å². The maximum absolute atomic E-state index is 11.5. The Balaban J connectivity index is 0.000000735. The summed E-state index contributed by atoms with van der Waals surface area (Å²) in [5.74, 6) is 1.63. The van der Waals surface area contributed by atoms with E-state index < -0.39 is 0 Å². The molecule has 0 heterocycles. The van der Waals surface area contributed by atoms with Crippen LogP contribution in [0, 0.1) is 5.92 Å². The normalized spacial score (nSPS) is 14.7. The molecule has 0 radical (unpaired) electrons. The minimum Gasteiger partial charge on any atom is -0.317 e. The van der Waals surface area contributed by atoms with Gasteiger partial charge in [0.25, 0.3) is 0 Å². The third-order valence-electron chi connectivity index (χ3n) is 6.50. The Morgan fingerprint density at radius 1 is 1.00 bits per heavy atom. The van der Waals surface area contributed by atoms with E-state index >= 15 is 0 Å². The Morgan fingerprint density at radius 3 is 2.24 bits per heavy atom. The first kappa shape index (κ1) is 29.8. The molecule has 0 saturated heterocycles. The summed E-state index contributed by atoms with van der Waals surface area (Å²) in [6.07, 6.45) is 7.16. The molecule has 0 aromatic heterocycles. The van der Waals surface area contributed by atoms with Gasteiger partial charge in [-0.2, -0.15) is 0 Å². The van der Waals surface area contributed by atoms with Crippen molar-refractivity contribution in [3.8, 4) is 0 Å². The molecular formula is C32H49NO. The quantitative estimate of drug-likeness (QED) is 0.281. The largest absolute Gasteiger partial charge is 0.317 e. The van der Waals surface area contributed by atoms with Crippen LogP contribution in [0.4, 0.5) is 0 Å². The van der Waals surface area contributed by atoms with Crippen LogP contribution in [0.25, 0.3) is 5.57 Å². The predicted octanol–water partition coefficient (Wildman–Crippen LogP) is 8.86. The van der Waals surface area contributed by atoms with E-state index in [-0.39, 0.29) is 13.2 Å². The van der Waals surface area contributed by atoms with E-state index in [1.807, 2.05) is 12.1 Å². The number of fused-ring (bicyclic) bond motifs is 1. The van der Waals surface area contributed by atoms with Crippen LogP contribution in [-0.2, 0) is 6.42 Å². The molecule has 2 heteroatoms. The lowest BCUT2D eigenvalue weighted by Gasteiger charge is -2.29. The average Bonchev–Trinajstić information content (AvgIpc) is 2.79. The number of Topliss-reactive ketones (excluding diaryl/α,β-unsaturated/α-hetero) is 1. The van der Waals surface area contributed by atoms with Crippen LogP contribution >= 0.6 is 0 Å². The Bertz CT molecular complexity index is 891. The van der Waals surface area contributed by atoms with Crippen molar-refractivity contribution in [2.45, 2.75) is 93.4 Å². The zero-order chi connectivity index (χ0) is 24.2. The van der Waals surface area contributed by atoms with E-state index in [0.29, 0.717) is 5.92 Å². The van der Waals surface area contributed by atoms with Crippen LogP contribution in [0.3, 0.4) is 0 Å². The van der Waals surface area contributed by atoms with Gasteiger partial charge in [-0.15, -0.1) is 0 Å². The highest BCUT2D eigenvalue weighted by Crippen LogP contribution is 2.41. The number of carbonyl (C=O) groups is 1. The summed E-state index contributed by atoms with van der Waals surface area (Å²) in [5.41, 5.74) is 7.93. The molecule has 188 valence electrons. The van der Waals surface area contributed by atoms with Crippen molar-refractivity contribution in [2.75, 3.05) is 13.1 Å². The maximum atomic E-state index is 11.5. The van der Waals surface area contributed by atoms with Gasteiger partial charge in [0.15, 0.2) is 5.78 Å². The Kier molecular flexibility index (Phi) is 13.7. The molecule has 2 nitrogen and oxygen atoms in total. The Labute approximate surface area is 210 Å². The van der Waals surface area contributed by atoms with Gasteiger partial charge in [-0.05, 0) is 86.7 Å². The van der Waals surface area contributed by atoms with Crippen molar-refractivity contribution in [1.29, 1.82) is 0 Å². The highest BCUT2D eigenvalue weighted by Gasteiger charge is 2.24. The van der Waals surface area contributed by atoms with Gasteiger partial charge in [-0.3, -0.25) is 4.79 Å². The van der Waals surface area contributed by atoms with Gasteiger partial charge in [0.2, 0.25) is 0 Å². The van der Waals surface area contributed by atoms with Crippen LogP contribution in [0.5, 0.6) is 0 Å². The number of rotatable bonds is 10. The molecule has 1 unspecified atom stereocenters. The number of hydrogen-bond donors (Lipinski definition) is 1. The summed E-state index contributed by atoms with van der Waals surface area (Å²) in [6, 6.07) is 17.0. The molecule has 1 atom stereocenters. The van der Waals surface area contributed by atoms with Gasteiger partial charge in [0.05, 0.1) is 0 Å². The highest BCUT2D eigenvalue weighted by atomic mass is 16.1. The third-order valence-corrected chi connectivity index (χ3v) is 6.50. The molecule has 3 rings (SSSR count). The zero-order valence-electron chi connectivity index (χ0n) is 21.8. The molecule has 34 heavy (non-hydrogen) atoms. The zero-order valence-corrected chi connectivity index (χ0v) is 21.8. The number of hydrogen-bond acceptors (Lipinski definition) is 2. The monoisotopic (exact) mass is 463 g/mol. The van der Waals surface area contributed by atoms with Crippen molar-refractivity contribution in [3.05, 3.63) is 76.4 Å². The molecule has 1 N–H and O–H groups in total. The molecule has 2 aromatic rings. The fourth-order valence-electron chi connectivity index (χ4n) is 4.68. The fraction of sp³-hybridized carbons (Fsp3) is 0.531. The maximum Gasteiger partial charge on any atom is 0.159 e. The standard InChI is InChI=1S/C25H31NO.C6H14.CH4/c1-4-14-26-15-13-22-16-18(2)25(24-8-6-5-7-23(22)24)17-20-9-11-21(12-10-20)19(3)27;1-4-5-6(2)3;/h5-12,22,26H,4,13-17H2,1-3H3;6H,4-5H2,1-3H3;1H4. The average molecular weight is 464 g/mol. The SMILES string of the molecule is C.CCCC(C)C.CCCNCCC1CC(C)=C(Cc2ccc(C(C)=O)cc2)c2ccccc21. The van der Waals surface area contributed by atoms with E-state index in [1.165, 1.54) is 53.5 Å². The van der Waals surface area contributed by atoms with Crippen LogP contribution in [-0.4, -0.2) is 18.9 Å². The second kappa shape index (κ2) is 15.7. The molecule has 0 spiro atoms. The summed E-state index contributed by atoms with van der Waals surface area (Å²) in [6.45, 7) is 15.0. The van der Waals surface area contributed by atoms with Crippen molar-refractivity contribution < 1.29 is 4.79 Å². The molecule has 1 aliphatic carbocycles. The number of nitrogens with one attached hydrogen (secondary N) is 1. The number of benzene rings is 2. The Morgan fingerprint density at radius 2 is 1.68 bits per heavy atom.